The first-order chi connectivity index (χ1) is 13.2. The number of carbonyl (C=O) groups is 1. The van der Waals surface area contributed by atoms with Gasteiger partial charge in [0.1, 0.15) is 18.0 Å². The molecule has 7 nitrogen and oxygen atoms in total. The first-order valence-electron chi connectivity index (χ1n) is 8.96. The Morgan fingerprint density at radius 2 is 1.75 bits per heavy atom. The Labute approximate surface area is 166 Å². The molecule has 0 atom stereocenters. The molecule has 0 aliphatic heterocycles. The van der Waals surface area contributed by atoms with Crippen molar-refractivity contribution in [1.29, 1.82) is 0 Å². The molecule has 28 heavy (non-hydrogen) atoms. The number of nitrogens with zero attached hydrogens (tertiary/aromatic N) is 1. The van der Waals surface area contributed by atoms with Gasteiger partial charge in [0, 0.05) is 0 Å². The van der Waals surface area contributed by atoms with Gasteiger partial charge in [-0.1, -0.05) is 12.1 Å². The summed E-state index contributed by atoms with van der Waals surface area (Å²) in [6.45, 7) is 5.75. The second kappa shape index (κ2) is 9.45. The van der Waals surface area contributed by atoms with E-state index in [2.05, 4.69) is 5.32 Å². The van der Waals surface area contributed by atoms with Crippen LogP contribution in [0.1, 0.15) is 20.8 Å². The van der Waals surface area contributed by atoms with Gasteiger partial charge in [-0.3, -0.25) is 9.10 Å². The van der Waals surface area contributed by atoms with E-state index in [1.165, 1.54) is 0 Å². The first-order valence-corrected chi connectivity index (χ1v) is 10.8. The summed E-state index contributed by atoms with van der Waals surface area (Å²) in [6, 6.07) is 13.6. The lowest BCUT2D eigenvalue weighted by Gasteiger charge is -2.22. The van der Waals surface area contributed by atoms with Gasteiger partial charge in [-0.05, 0) is 57.2 Å². The van der Waals surface area contributed by atoms with E-state index < -0.39 is 15.9 Å². The normalized spacial score (nSPS) is 11.2. The Kier molecular flexibility index (Phi) is 7.28. The predicted molar refractivity (Wildman–Crippen MR) is 111 cm³/mol. The lowest BCUT2D eigenvalue weighted by atomic mass is 10.2. The zero-order chi connectivity index (χ0) is 20.7. The largest absolute Gasteiger partial charge is 0.492 e. The first kappa shape index (κ1) is 21.6. The highest BCUT2D eigenvalue weighted by Crippen LogP contribution is 2.25. The minimum atomic E-state index is -3.66. The van der Waals surface area contributed by atoms with Crippen LogP contribution in [0.5, 0.6) is 11.5 Å². The molecule has 0 radical (unpaired) electrons. The molecule has 0 spiro atoms. The molecule has 8 heteroatoms. The molecule has 0 unspecified atom stereocenters. The van der Waals surface area contributed by atoms with Crippen molar-refractivity contribution < 1.29 is 22.7 Å². The summed E-state index contributed by atoms with van der Waals surface area (Å²) in [5, 5.41) is 2.71. The van der Waals surface area contributed by atoms with Crippen molar-refractivity contribution in [2.24, 2.45) is 0 Å². The minimum Gasteiger partial charge on any atom is -0.492 e. The SMILES string of the molecule is CCOc1ccccc1NC(=O)CN(c1ccc(OC(C)C)cc1)S(C)(=O)=O. The van der Waals surface area contributed by atoms with E-state index in [4.69, 9.17) is 9.47 Å². The van der Waals surface area contributed by atoms with Crippen LogP contribution in [0.25, 0.3) is 0 Å². The number of carbonyl (C=O) groups excluding carboxylic acids is 1. The van der Waals surface area contributed by atoms with Gasteiger partial charge in [0.25, 0.3) is 0 Å². The van der Waals surface area contributed by atoms with Crippen molar-refractivity contribution in [3.8, 4) is 11.5 Å². The lowest BCUT2D eigenvalue weighted by molar-refractivity contribution is -0.114. The average molecular weight is 407 g/mol. The number of benzene rings is 2. The van der Waals surface area contributed by atoms with Crippen molar-refractivity contribution in [2.45, 2.75) is 26.9 Å². The molecule has 152 valence electrons. The number of hydrogen-bond acceptors (Lipinski definition) is 5. The molecule has 0 saturated heterocycles. The Hall–Kier alpha value is -2.74. The maximum absolute atomic E-state index is 12.5. The van der Waals surface area contributed by atoms with Gasteiger partial charge < -0.3 is 14.8 Å². The van der Waals surface area contributed by atoms with Crippen molar-refractivity contribution >= 4 is 27.3 Å². The smallest absolute Gasteiger partial charge is 0.245 e. The molecule has 2 aromatic carbocycles. The van der Waals surface area contributed by atoms with E-state index >= 15 is 0 Å². The third kappa shape index (κ3) is 6.16. The van der Waals surface area contributed by atoms with Crippen LogP contribution < -0.4 is 19.1 Å². The molecule has 0 bridgehead atoms. The molecule has 1 N–H and O–H groups in total. The zero-order valence-electron chi connectivity index (χ0n) is 16.5. The molecule has 1 amide bonds. The maximum atomic E-state index is 12.5. The molecular formula is C20H26N2O5S. The summed E-state index contributed by atoms with van der Waals surface area (Å²) in [7, 11) is -3.66. The molecule has 2 rings (SSSR count). The van der Waals surface area contributed by atoms with E-state index in [1.54, 1.807) is 48.5 Å². The maximum Gasteiger partial charge on any atom is 0.245 e. The van der Waals surface area contributed by atoms with Gasteiger partial charge in [-0.2, -0.15) is 0 Å². The number of hydrogen-bond donors (Lipinski definition) is 1. The highest BCUT2D eigenvalue weighted by Gasteiger charge is 2.21. The lowest BCUT2D eigenvalue weighted by Crippen LogP contribution is -2.37. The van der Waals surface area contributed by atoms with Crippen LogP contribution in [0.4, 0.5) is 11.4 Å². The van der Waals surface area contributed by atoms with E-state index in [0.29, 0.717) is 29.5 Å². The van der Waals surface area contributed by atoms with Gasteiger partial charge in [0.15, 0.2) is 0 Å². The fourth-order valence-corrected chi connectivity index (χ4v) is 3.39. The van der Waals surface area contributed by atoms with Crippen LogP contribution in [-0.4, -0.2) is 39.8 Å². The number of sulfonamides is 1. The van der Waals surface area contributed by atoms with Crippen LogP contribution in [0, 0.1) is 0 Å². The van der Waals surface area contributed by atoms with Gasteiger partial charge in [0.2, 0.25) is 15.9 Å². The van der Waals surface area contributed by atoms with Crippen molar-refractivity contribution in [3.05, 3.63) is 48.5 Å². The molecular weight excluding hydrogens is 380 g/mol. The van der Waals surface area contributed by atoms with Gasteiger partial charge in [-0.25, -0.2) is 8.42 Å². The van der Waals surface area contributed by atoms with Crippen LogP contribution in [0.15, 0.2) is 48.5 Å². The van der Waals surface area contributed by atoms with Crippen molar-refractivity contribution in [2.75, 3.05) is 29.0 Å². The monoisotopic (exact) mass is 406 g/mol. The zero-order valence-corrected chi connectivity index (χ0v) is 17.3. The standard InChI is InChI=1S/C20H26N2O5S/c1-5-26-19-9-7-6-8-18(19)21-20(23)14-22(28(4,24)25)16-10-12-17(13-11-16)27-15(2)3/h6-13,15H,5,14H2,1-4H3,(H,21,23). The number of ether oxygens (including phenoxy) is 2. The topological polar surface area (TPSA) is 84.9 Å². The number of para-hydroxylation sites is 2. The molecule has 0 aliphatic carbocycles. The summed E-state index contributed by atoms with van der Waals surface area (Å²) in [5.41, 5.74) is 0.871. The Bertz CT molecular complexity index is 895. The van der Waals surface area contributed by atoms with E-state index in [0.717, 1.165) is 10.6 Å². The quantitative estimate of drug-likeness (QED) is 0.691. The van der Waals surface area contributed by atoms with E-state index in [9.17, 15) is 13.2 Å². The third-order valence-corrected chi connectivity index (χ3v) is 4.79. The fourth-order valence-electron chi connectivity index (χ4n) is 2.53. The Balaban J connectivity index is 2.18. The number of nitrogens with one attached hydrogen (secondary N) is 1. The summed E-state index contributed by atoms with van der Waals surface area (Å²) in [6.07, 6.45) is 1.07. The van der Waals surface area contributed by atoms with Gasteiger partial charge >= 0.3 is 0 Å². The van der Waals surface area contributed by atoms with E-state index in [-0.39, 0.29) is 12.6 Å². The molecule has 0 saturated carbocycles. The summed E-state index contributed by atoms with van der Waals surface area (Å²) in [4.78, 5) is 12.5. The molecule has 0 aromatic heterocycles. The highest BCUT2D eigenvalue weighted by atomic mass is 32.2. The van der Waals surface area contributed by atoms with Gasteiger partial charge in [0.05, 0.1) is 30.3 Å². The summed E-state index contributed by atoms with van der Waals surface area (Å²) < 4.78 is 36.6. The molecule has 0 aliphatic rings. The summed E-state index contributed by atoms with van der Waals surface area (Å²) >= 11 is 0. The average Bonchev–Trinajstić information content (AvgIpc) is 2.61. The Morgan fingerprint density at radius 3 is 2.32 bits per heavy atom. The van der Waals surface area contributed by atoms with E-state index in [1.807, 2.05) is 20.8 Å². The summed E-state index contributed by atoms with van der Waals surface area (Å²) in [5.74, 6) is 0.682. The van der Waals surface area contributed by atoms with Crippen LogP contribution >= 0.6 is 0 Å². The van der Waals surface area contributed by atoms with Crippen LogP contribution in [0.3, 0.4) is 0 Å². The van der Waals surface area contributed by atoms with Crippen LogP contribution in [0.2, 0.25) is 0 Å². The highest BCUT2D eigenvalue weighted by molar-refractivity contribution is 7.92. The molecule has 0 heterocycles. The molecule has 0 fully saturated rings. The predicted octanol–water partition coefficient (Wildman–Crippen LogP) is 3.28. The second-order valence-electron chi connectivity index (χ2n) is 6.41. The number of anilines is 2. The minimum absolute atomic E-state index is 0.00745. The molecule has 2 aromatic rings. The number of amides is 1. The van der Waals surface area contributed by atoms with Crippen molar-refractivity contribution in [3.63, 3.8) is 0 Å². The van der Waals surface area contributed by atoms with Crippen LogP contribution in [-0.2, 0) is 14.8 Å². The second-order valence-corrected chi connectivity index (χ2v) is 8.31. The fraction of sp³-hybridized carbons (Fsp3) is 0.350. The number of rotatable bonds is 9. The van der Waals surface area contributed by atoms with Gasteiger partial charge in [-0.15, -0.1) is 0 Å². The van der Waals surface area contributed by atoms with Crippen molar-refractivity contribution in [1.82, 2.24) is 0 Å². The third-order valence-electron chi connectivity index (χ3n) is 3.65. The Morgan fingerprint density at radius 1 is 1.11 bits per heavy atom.